The molecule has 2 N–H and O–H groups in total. The Bertz CT molecular complexity index is 398. The van der Waals surface area contributed by atoms with Crippen LogP contribution in [0.1, 0.15) is 64.7 Å². The third-order valence-electron chi connectivity index (χ3n) is 6.10. The average Bonchev–Trinajstić information content (AvgIpc) is 2.87. The molecule has 1 saturated carbocycles. The van der Waals surface area contributed by atoms with Crippen molar-refractivity contribution in [1.29, 1.82) is 0 Å². The highest BCUT2D eigenvalue weighted by Gasteiger charge is 2.15. The van der Waals surface area contributed by atoms with Crippen molar-refractivity contribution in [3.8, 4) is 0 Å². The Hall–Kier alpha value is -0.0800. The summed E-state index contributed by atoms with van der Waals surface area (Å²) in [6.07, 6.45) is 12.4. The van der Waals surface area contributed by atoms with Crippen molar-refractivity contribution in [2.45, 2.75) is 70.8 Å². The molecule has 1 saturated heterocycles. The van der Waals surface area contributed by atoms with Gasteiger partial charge in [0, 0.05) is 32.7 Å². The number of guanidine groups is 1. The van der Waals surface area contributed by atoms with Crippen LogP contribution in [0.2, 0.25) is 0 Å². The van der Waals surface area contributed by atoms with Gasteiger partial charge in [-0.25, -0.2) is 0 Å². The van der Waals surface area contributed by atoms with Crippen LogP contribution in [0.3, 0.4) is 0 Å². The molecule has 0 aromatic heterocycles. The van der Waals surface area contributed by atoms with E-state index in [1.807, 2.05) is 7.05 Å². The first-order valence-electron chi connectivity index (χ1n) is 11.1. The monoisotopic (exact) mass is 493 g/mol. The number of hydrogen-bond donors (Lipinski definition) is 2. The van der Waals surface area contributed by atoms with Gasteiger partial charge in [-0.3, -0.25) is 4.99 Å². The lowest BCUT2D eigenvalue weighted by Gasteiger charge is -2.24. The summed E-state index contributed by atoms with van der Waals surface area (Å²) in [7, 11) is 4.12. The van der Waals surface area contributed by atoms with Gasteiger partial charge in [0.05, 0.1) is 0 Å². The lowest BCUT2D eigenvalue weighted by Crippen LogP contribution is -2.43. The molecule has 0 radical (unpaired) electrons. The summed E-state index contributed by atoms with van der Waals surface area (Å²) in [4.78, 5) is 9.45. The second-order valence-corrected chi connectivity index (χ2v) is 8.48. The molecule has 2 rings (SSSR count). The lowest BCUT2D eigenvalue weighted by atomic mass is 9.85. The molecule has 0 aromatic rings. The maximum Gasteiger partial charge on any atom is 0.191 e. The number of nitrogens with one attached hydrogen (secondary N) is 2. The summed E-state index contributed by atoms with van der Waals surface area (Å²) >= 11 is 0. The molecule has 1 unspecified atom stereocenters. The van der Waals surface area contributed by atoms with E-state index in [0.717, 1.165) is 18.4 Å². The predicted octanol–water partition coefficient (Wildman–Crippen LogP) is 3.55. The maximum atomic E-state index is 4.41. The molecule has 1 aliphatic heterocycles. The quantitative estimate of drug-likeness (QED) is 0.235. The third kappa shape index (κ3) is 10.9. The zero-order chi connectivity index (χ0) is 18.6. The number of hydrogen-bond acceptors (Lipinski definition) is 3. The number of rotatable bonds is 8. The molecule has 27 heavy (non-hydrogen) atoms. The van der Waals surface area contributed by atoms with Crippen molar-refractivity contribution in [1.82, 2.24) is 20.4 Å². The normalized spacial score (nSPS) is 22.0. The fourth-order valence-corrected chi connectivity index (χ4v) is 4.29. The molecule has 5 nitrogen and oxygen atoms in total. The Morgan fingerprint density at radius 1 is 1.07 bits per heavy atom. The second-order valence-electron chi connectivity index (χ2n) is 8.48. The highest BCUT2D eigenvalue weighted by molar-refractivity contribution is 14.0. The van der Waals surface area contributed by atoms with E-state index in [4.69, 9.17) is 0 Å². The highest BCUT2D eigenvalue weighted by atomic mass is 127. The van der Waals surface area contributed by atoms with Crippen LogP contribution in [-0.4, -0.2) is 75.2 Å². The van der Waals surface area contributed by atoms with Crippen LogP contribution in [0.15, 0.2) is 4.99 Å². The van der Waals surface area contributed by atoms with Gasteiger partial charge in [0.1, 0.15) is 0 Å². The van der Waals surface area contributed by atoms with E-state index in [-0.39, 0.29) is 24.0 Å². The summed E-state index contributed by atoms with van der Waals surface area (Å²) in [6.45, 7) is 9.39. The van der Waals surface area contributed by atoms with Crippen molar-refractivity contribution < 1.29 is 0 Å². The summed E-state index contributed by atoms with van der Waals surface area (Å²) in [5.41, 5.74) is 0. The van der Waals surface area contributed by atoms with Crippen LogP contribution in [0, 0.1) is 5.92 Å². The van der Waals surface area contributed by atoms with E-state index in [9.17, 15) is 0 Å². The molecular formula is C21H44IN5. The van der Waals surface area contributed by atoms with Gasteiger partial charge < -0.3 is 20.4 Å². The Morgan fingerprint density at radius 2 is 1.85 bits per heavy atom. The van der Waals surface area contributed by atoms with Gasteiger partial charge in [-0.1, -0.05) is 32.1 Å². The van der Waals surface area contributed by atoms with Gasteiger partial charge in [-0.2, -0.15) is 0 Å². The van der Waals surface area contributed by atoms with Gasteiger partial charge in [0.15, 0.2) is 5.96 Å². The maximum absolute atomic E-state index is 4.41. The predicted molar refractivity (Wildman–Crippen MR) is 128 cm³/mol. The molecule has 2 fully saturated rings. The zero-order valence-electron chi connectivity index (χ0n) is 18.0. The molecule has 1 atom stereocenters. The summed E-state index contributed by atoms with van der Waals surface area (Å²) in [5, 5.41) is 7.08. The molecule has 1 heterocycles. The third-order valence-corrected chi connectivity index (χ3v) is 6.10. The van der Waals surface area contributed by atoms with Crippen LogP contribution >= 0.6 is 24.0 Å². The molecule has 0 bridgehead atoms. The van der Waals surface area contributed by atoms with Crippen molar-refractivity contribution in [3.63, 3.8) is 0 Å². The first-order valence-corrected chi connectivity index (χ1v) is 11.1. The van der Waals surface area contributed by atoms with E-state index < -0.39 is 0 Å². The Balaban J connectivity index is 0.00000364. The minimum atomic E-state index is 0. The molecule has 0 aromatic carbocycles. The van der Waals surface area contributed by atoms with E-state index in [2.05, 4.69) is 39.4 Å². The topological polar surface area (TPSA) is 42.9 Å². The molecule has 0 spiro atoms. The van der Waals surface area contributed by atoms with Crippen molar-refractivity contribution in [2.75, 3.05) is 53.4 Å². The van der Waals surface area contributed by atoms with E-state index in [1.165, 1.54) is 90.5 Å². The molecule has 0 amide bonds. The van der Waals surface area contributed by atoms with Crippen molar-refractivity contribution in [2.24, 2.45) is 10.9 Å². The molecule has 160 valence electrons. The second kappa shape index (κ2) is 14.9. The Labute approximate surface area is 185 Å². The van der Waals surface area contributed by atoms with Crippen LogP contribution in [0.5, 0.6) is 0 Å². The van der Waals surface area contributed by atoms with Gasteiger partial charge in [-0.05, 0) is 65.2 Å². The SMILES string of the molecule is CN=C(NCCCN1CCCN(C)CC1)NC(C)CCC1CCCCC1.I. The lowest BCUT2D eigenvalue weighted by molar-refractivity contribution is 0.273. The molecule has 6 heteroatoms. The van der Waals surface area contributed by atoms with E-state index >= 15 is 0 Å². The summed E-state index contributed by atoms with van der Waals surface area (Å²) in [6, 6.07) is 0.504. The molecular weight excluding hydrogens is 449 g/mol. The number of aliphatic imine (C=N–C) groups is 1. The molecule has 1 aliphatic carbocycles. The number of likely N-dealkylation sites (N-methyl/N-ethyl adjacent to an activating group) is 1. The fourth-order valence-electron chi connectivity index (χ4n) is 4.29. The standard InChI is InChI=1S/C21H43N5.HI/c1-19(11-12-20-9-5-4-6-10-20)24-21(22-2)23-13-7-15-26-16-8-14-25(3)17-18-26;/h19-20H,4-18H2,1-3H3,(H2,22,23,24);1H. The summed E-state index contributed by atoms with van der Waals surface area (Å²) in [5.74, 6) is 1.94. The van der Waals surface area contributed by atoms with Crippen LogP contribution in [0.25, 0.3) is 0 Å². The van der Waals surface area contributed by atoms with Crippen LogP contribution < -0.4 is 10.6 Å². The minimum absolute atomic E-state index is 0. The minimum Gasteiger partial charge on any atom is -0.356 e. The smallest absolute Gasteiger partial charge is 0.191 e. The number of halogens is 1. The van der Waals surface area contributed by atoms with Crippen molar-refractivity contribution >= 4 is 29.9 Å². The first kappa shape index (κ1) is 25.0. The highest BCUT2D eigenvalue weighted by Crippen LogP contribution is 2.27. The van der Waals surface area contributed by atoms with Gasteiger partial charge in [0.2, 0.25) is 0 Å². The van der Waals surface area contributed by atoms with E-state index in [1.54, 1.807) is 0 Å². The van der Waals surface area contributed by atoms with Crippen molar-refractivity contribution in [3.05, 3.63) is 0 Å². The van der Waals surface area contributed by atoms with E-state index in [0.29, 0.717) is 6.04 Å². The average molecular weight is 494 g/mol. The first-order chi connectivity index (χ1) is 12.7. The van der Waals surface area contributed by atoms with Gasteiger partial charge in [0.25, 0.3) is 0 Å². The van der Waals surface area contributed by atoms with Crippen LogP contribution in [-0.2, 0) is 0 Å². The number of nitrogens with zero attached hydrogens (tertiary/aromatic N) is 3. The van der Waals surface area contributed by atoms with Gasteiger partial charge in [-0.15, -0.1) is 24.0 Å². The zero-order valence-corrected chi connectivity index (χ0v) is 20.3. The van der Waals surface area contributed by atoms with Gasteiger partial charge >= 0.3 is 0 Å². The molecule has 2 aliphatic rings. The summed E-state index contributed by atoms with van der Waals surface area (Å²) < 4.78 is 0. The fraction of sp³-hybridized carbons (Fsp3) is 0.952. The Morgan fingerprint density at radius 3 is 2.59 bits per heavy atom. The largest absolute Gasteiger partial charge is 0.356 e. The van der Waals surface area contributed by atoms with Crippen LogP contribution in [0.4, 0.5) is 0 Å². The Kier molecular flexibility index (Phi) is 13.7.